The predicted molar refractivity (Wildman–Crippen MR) is 51.6 cm³/mol. The highest BCUT2D eigenvalue weighted by molar-refractivity contribution is 5.87. The summed E-state index contributed by atoms with van der Waals surface area (Å²) in [4.78, 5) is 24.1. The average Bonchev–Trinajstić information content (AvgIpc) is 2.33. The normalized spacial score (nSPS) is 22.8. The Hall–Kier alpha value is -1.32. The quantitative estimate of drug-likeness (QED) is 0.484. The van der Waals surface area contributed by atoms with Crippen LogP contribution in [0.1, 0.15) is 19.3 Å². The second-order valence-electron chi connectivity index (χ2n) is 3.39. The zero-order valence-electron chi connectivity index (χ0n) is 8.36. The zero-order chi connectivity index (χ0) is 10.6. The minimum atomic E-state index is -0.618. The summed E-state index contributed by atoms with van der Waals surface area (Å²) >= 11 is 0. The van der Waals surface area contributed by atoms with Crippen LogP contribution in [0.5, 0.6) is 0 Å². The number of carbonyl (C=O) groups is 2. The largest absolute Gasteiger partial charge is 0.449 e. The lowest BCUT2D eigenvalue weighted by Crippen LogP contribution is -2.37. The second kappa shape index (κ2) is 4.79. The van der Waals surface area contributed by atoms with Gasteiger partial charge >= 0.3 is 5.97 Å². The van der Waals surface area contributed by atoms with Crippen LogP contribution >= 0.6 is 0 Å². The molecule has 1 unspecified atom stereocenters. The molecule has 4 nitrogen and oxygen atoms in total. The SMILES string of the molecule is C=CC(=O)OC1CCCCN(C)C1=O. The summed E-state index contributed by atoms with van der Waals surface area (Å²) in [6.07, 6.45) is 2.95. The molecule has 0 spiro atoms. The molecule has 1 aliphatic heterocycles. The lowest BCUT2D eigenvalue weighted by Gasteiger charge is -2.19. The molecule has 0 aromatic rings. The van der Waals surface area contributed by atoms with Crippen LogP contribution in [0.2, 0.25) is 0 Å². The monoisotopic (exact) mass is 197 g/mol. The van der Waals surface area contributed by atoms with Gasteiger partial charge in [0.25, 0.3) is 5.91 Å². The molecule has 14 heavy (non-hydrogen) atoms. The Balaban J connectivity index is 2.60. The molecule has 0 radical (unpaired) electrons. The molecule has 1 amide bonds. The van der Waals surface area contributed by atoms with E-state index in [1.807, 2.05) is 0 Å². The highest BCUT2D eigenvalue weighted by Crippen LogP contribution is 2.13. The second-order valence-corrected chi connectivity index (χ2v) is 3.39. The molecule has 1 fully saturated rings. The van der Waals surface area contributed by atoms with Gasteiger partial charge in [0.1, 0.15) is 0 Å². The molecule has 1 atom stereocenters. The Bertz CT molecular complexity index is 250. The van der Waals surface area contributed by atoms with Crippen molar-refractivity contribution in [2.24, 2.45) is 0 Å². The number of hydrogen-bond donors (Lipinski definition) is 0. The maximum atomic E-state index is 11.6. The van der Waals surface area contributed by atoms with Gasteiger partial charge in [0.05, 0.1) is 0 Å². The molecule has 1 rings (SSSR count). The van der Waals surface area contributed by atoms with Gasteiger partial charge in [0, 0.05) is 19.7 Å². The van der Waals surface area contributed by atoms with Crippen LogP contribution in [-0.2, 0) is 14.3 Å². The first-order valence-electron chi connectivity index (χ1n) is 4.73. The van der Waals surface area contributed by atoms with Gasteiger partial charge in [-0.15, -0.1) is 0 Å². The number of esters is 1. The van der Waals surface area contributed by atoms with E-state index in [0.29, 0.717) is 6.42 Å². The first-order chi connectivity index (χ1) is 6.65. The minimum absolute atomic E-state index is 0.113. The first kappa shape index (κ1) is 10.8. The smallest absolute Gasteiger partial charge is 0.330 e. The van der Waals surface area contributed by atoms with Crippen molar-refractivity contribution in [3.8, 4) is 0 Å². The number of ether oxygens (including phenoxy) is 1. The van der Waals surface area contributed by atoms with Crippen LogP contribution in [-0.4, -0.2) is 36.5 Å². The van der Waals surface area contributed by atoms with Crippen molar-refractivity contribution in [3.05, 3.63) is 12.7 Å². The van der Waals surface area contributed by atoms with Gasteiger partial charge in [-0.3, -0.25) is 4.79 Å². The van der Waals surface area contributed by atoms with Gasteiger partial charge in [-0.1, -0.05) is 6.58 Å². The Morgan fingerprint density at radius 3 is 3.00 bits per heavy atom. The lowest BCUT2D eigenvalue weighted by atomic mass is 10.2. The fraction of sp³-hybridized carbons (Fsp3) is 0.600. The average molecular weight is 197 g/mol. The summed E-state index contributed by atoms with van der Waals surface area (Å²) < 4.78 is 4.95. The first-order valence-corrected chi connectivity index (χ1v) is 4.73. The van der Waals surface area contributed by atoms with Crippen LogP contribution in [0.3, 0.4) is 0 Å². The van der Waals surface area contributed by atoms with Gasteiger partial charge in [0.15, 0.2) is 6.10 Å². The maximum Gasteiger partial charge on any atom is 0.330 e. The van der Waals surface area contributed by atoms with Crippen molar-refractivity contribution in [1.29, 1.82) is 0 Å². The van der Waals surface area contributed by atoms with Crippen LogP contribution < -0.4 is 0 Å². The number of hydrogen-bond acceptors (Lipinski definition) is 3. The number of likely N-dealkylation sites (tertiary alicyclic amines) is 1. The maximum absolute atomic E-state index is 11.6. The third kappa shape index (κ3) is 2.58. The van der Waals surface area contributed by atoms with Crippen molar-refractivity contribution >= 4 is 11.9 Å². The molecule has 0 aromatic heterocycles. The number of likely N-dealkylation sites (N-methyl/N-ethyl adjacent to an activating group) is 1. The van der Waals surface area contributed by atoms with E-state index in [4.69, 9.17) is 4.74 Å². The molecule has 1 aliphatic rings. The molecule has 0 aromatic carbocycles. The van der Waals surface area contributed by atoms with E-state index in [9.17, 15) is 9.59 Å². The Morgan fingerprint density at radius 1 is 1.64 bits per heavy atom. The van der Waals surface area contributed by atoms with E-state index in [2.05, 4.69) is 6.58 Å². The van der Waals surface area contributed by atoms with Crippen LogP contribution in [0, 0.1) is 0 Å². The van der Waals surface area contributed by atoms with Crippen molar-refractivity contribution in [3.63, 3.8) is 0 Å². The van der Waals surface area contributed by atoms with E-state index < -0.39 is 12.1 Å². The highest BCUT2D eigenvalue weighted by Gasteiger charge is 2.27. The summed E-state index contributed by atoms with van der Waals surface area (Å²) in [7, 11) is 1.72. The summed E-state index contributed by atoms with van der Waals surface area (Å²) in [5.41, 5.74) is 0. The van der Waals surface area contributed by atoms with Crippen molar-refractivity contribution < 1.29 is 14.3 Å². The summed E-state index contributed by atoms with van der Waals surface area (Å²) in [6.45, 7) is 4.03. The topological polar surface area (TPSA) is 46.6 Å². The van der Waals surface area contributed by atoms with E-state index in [0.717, 1.165) is 25.5 Å². The highest BCUT2D eigenvalue weighted by atomic mass is 16.5. The van der Waals surface area contributed by atoms with E-state index in [-0.39, 0.29) is 5.91 Å². The van der Waals surface area contributed by atoms with Gasteiger partial charge in [-0.05, 0) is 19.3 Å². The van der Waals surface area contributed by atoms with Crippen LogP contribution in [0.25, 0.3) is 0 Å². The Kier molecular flexibility index (Phi) is 3.68. The third-order valence-electron chi connectivity index (χ3n) is 2.29. The van der Waals surface area contributed by atoms with Gasteiger partial charge in [0.2, 0.25) is 0 Å². The zero-order valence-corrected chi connectivity index (χ0v) is 8.36. The molecule has 0 bridgehead atoms. The molecule has 0 N–H and O–H groups in total. The minimum Gasteiger partial charge on any atom is -0.449 e. The molecule has 1 heterocycles. The van der Waals surface area contributed by atoms with Crippen molar-refractivity contribution in [2.45, 2.75) is 25.4 Å². The molecule has 4 heteroatoms. The van der Waals surface area contributed by atoms with Crippen LogP contribution in [0.4, 0.5) is 0 Å². The van der Waals surface area contributed by atoms with Crippen molar-refractivity contribution in [2.75, 3.05) is 13.6 Å². The molecule has 0 aliphatic carbocycles. The van der Waals surface area contributed by atoms with Gasteiger partial charge in [-0.25, -0.2) is 4.79 Å². The summed E-state index contributed by atoms with van der Waals surface area (Å²) in [5, 5.41) is 0. The molecule has 1 saturated heterocycles. The molecule has 78 valence electrons. The molecular formula is C10H15NO3. The number of carbonyl (C=O) groups excluding carboxylic acids is 2. The number of amides is 1. The van der Waals surface area contributed by atoms with E-state index in [1.165, 1.54) is 0 Å². The lowest BCUT2D eigenvalue weighted by molar-refractivity contribution is -0.155. The van der Waals surface area contributed by atoms with Crippen LogP contribution in [0.15, 0.2) is 12.7 Å². The van der Waals surface area contributed by atoms with E-state index >= 15 is 0 Å². The number of rotatable bonds is 2. The Labute approximate surface area is 83.5 Å². The standard InChI is InChI=1S/C10H15NO3/c1-3-9(12)14-8-6-4-5-7-11(2)10(8)13/h3,8H,1,4-7H2,2H3. The fourth-order valence-corrected chi connectivity index (χ4v) is 1.46. The van der Waals surface area contributed by atoms with Crippen molar-refractivity contribution in [1.82, 2.24) is 4.90 Å². The Morgan fingerprint density at radius 2 is 2.36 bits per heavy atom. The van der Waals surface area contributed by atoms with Gasteiger partial charge in [-0.2, -0.15) is 0 Å². The predicted octanol–water partition coefficient (Wildman–Crippen LogP) is 0.726. The number of nitrogens with zero attached hydrogens (tertiary/aromatic N) is 1. The van der Waals surface area contributed by atoms with Gasteiger partial charge < -0.3 is 9.64 Å². The summed E-state index contributed by atoms with van der Waals surface area (Å²) in [6, 6.07) is 0. The fourth-order valence-electron chi connectivity index (χ4n) is 1.46. The third-order valence-corrected chi connectivity index (χ3v) is 2.29. The van der Waals surface area contributed by atoms with E-state index in [1.54, 1.807) is 11.9 Å². The summed E-state index contributed by atoms with van der Waals surface area (Å²) in [5.74, 6) is -0.642. The molecule has 0 saturated carbocycles. The molecular weight excluding hydrogens is 182 g/mol.